The molecule has 6 heteroatoms. The van der Waals surface area contributed by atoms with Crippen molar-refractivity contribution in [1.29, 1.82) is 0 Å². The van der Waals surface area contributed by atoms with Crippen LogP contribution < -0.4 is 5.32 Å². The average Bonchev–Trinajstić information content (AvgIpc) is 2.96. The SMILES string of the molecule is COC1=CC2=CC[C@H]3[C@@H]4CC(C)C(=C(NC=O)C(=O)O)[C@@]4(C)CC[C@]3(O)[C@@]2(C)CC1. The van der Waals surface area contributed by atoms with Crippen molar-refractivity contribution >= 4 is 12.4 Å². The van der Waals surface area contributed by atoms with Crippen LogP contribution in [0.4, 0.5) is 0 Å². The lowest BCUT2D eigenvalue weighted by molar-refractivity contribution is -0.172. The Hall–Kier alpha value is -2.08. The van der Waals surface area contributed by atoms with Crippen molar-refractivity contribution in [2.75, 3.05) is 7.11 Å². The van der Waals surface area contributed by atoms with Gasteiger partial charge in [0, 0.05) is 11.8 Å². The molecule has 4 rings (SSSR count). The normalized spacial score (nSPS) is 44.0. The van der Waals surface area contributed by atoms with Gasteiger partial charge in [0.25, 0.3) is 0 Å². The van der Waals surface area contributed by atoms with Gasteiger partial charge in [-0.2, -0.15) is 0 Å². The maximum Gasteiger partial charge on any atom is 0.352 e. The van der Waals surface area contributed by atoms with E-state index < -0.39 is 11.6 Å². The van der Waals surface area contributed by atoms with Crippen LogP contribution in [-0.4, -0.2) is 35.3 Å². The number of hydrogen-bond donors (Lipinski definition) is 3. The Morgan fingerprint density at radius 2 is 2.00 bits per heavy atom. The summed E-state index contributed by atoms with van der Waals surface area (Å²) in [5, 5.41) is 24.4. The number of carbonyl (C=O) groups excluding carboxylic acids is 1. The highest BCUT2D eigenvalue weighted by Gasteiger charge is 2.65. The van der Waals surface area contributed by atoms with Crippen LogP contribution >= 0.6 is 0 Å². The lowest BCUT2D eigenvalue weighted by Crippen LogP contribution is -2.61. The molecule has 1 unspecified atom stereocenters. The Morgan fingerprint density at radius 1 is 1.27 bits per heavy atom. The molecule has 30 heavy (non-hydrogen) atoms. The second kappa shape index (κ2) is 6.98. The topological polar surface area (TPSA) is 95.9 Å². The highest BCUT2D eigenvalue weighted by molar-refractivity contribution is 5.90. The van der Waals surface area contributed by atoms with Gasteiger partial charge in [-0.1, -0.05) is 26.8 Å². The van der Waals surface area contributed by atoms with E-state index >= 15 is 0 Å². The molecule has 0 heterocycles. The number of rotatable bonds is 4. The smallest absolute Gasteiger partial charge is 0.352 e. The van der Waals surface area contributed by atoms with Crippen LogP contribution in [0.3, 0.4) is 0 Å². The van der Waals surface area contributed by atoms with Gasteiger partial charge in [0.1, 0.15) is 5.70 Å². The van der Waals surface area contributed by atoms with Gasteiger partial charge in [-0.15, -0.1) is 0 Å². The summed E-state index contributed by atoms with van der Waals surface area (Å²) in [6, 6.07) is 0. The van der Waals surface area contributed by atoms with Crippen LogP contribution in [0.5, 0.6) is 0 Å². The number of ether oxygens (including phenoxy) is 1. The molecule has 3 N–H and O–H groups in total. The minimum Gasteiger partial charge on any atom is -0.501 e. The van der Waals surface area contributed by atoms with Gasteiger partial charge in [0.15, 0.2) is 0 Å². The van der Waals surface area contributed by atoms with Gasteiger partial charge >= 0.3 is 5.97 Å². The molecule has 2 fully saturated rings. The summed E-state index contributed by atoms with van der Waals surface area (Å²) < 4.78 is 5.48. The first-order chi connectivity index (χ1) is 14.1. The molecule has 6 atom stereocenters. The molecule has 0 spiro atoms. The zero-order valence-corrected chi connectivity index (χ0v) is 18.3. The van der Waals surface area contributed by atoms with Crippen LogP contribution in [0.15, 0.2) is 34.8 Å². The molecule has 2 saturated carbocycles. The molecule has 6 nitrogen and oxygen atoms in total. The third-order valence-electron chi connectivity index (χ3n) is 8.98. The van der Waals surface area contributed by atoms with Gasteiger partial charge in [-0.25, -0.2) is 4.79 Å². The van der Waals surface area contributed by atoms with Crippen LogP contribution in [0.2, 0.25) is 0 Å². The molecule has 0 radical (unpaired) electrons. The van der Waals surface area contributed by atoms with E-state index in [0.29, 0.717) is 19.3 Å². The molecule has 4 aliphatic rings. The number of allylic oxidation sites excluding steroid dienone is 4. The van der Waals surface area contributed by atoms with Crippen molar-refractivity contribution in [3.63, 3.8) is 0 Å². The molecule has 0 aromatic carbocycles. The molecule has 0 bridgehead atoms. The lowest BCUT2D eigenvalue weighted by Gasteiger charge is -2.61. The molecule has 0 saturated heterocycles. The fourth-order valence-electron chi connectivity index (χ4n) is 7.40. The predicted octanol–water partition coefficient (Wildman–Crippen LogP) is 3.54. The van der Waals surface area contributed by atoms with E-state index in [2.05, 4.69) is 31.3 Å². The van der Waals surface area contributed by atoms with Crippen molar-refractivity contribution in [3.05, 3.63) is 34.8 Å². The fraction of sp³-hybridized carbons (Fsp3) is 0.667. The summed E-state index contributed by atoms with van der Waals surface area (Å²) in [5.74, 6) is 0.159. The minimum atomic E-state index is -1.09. The number of carboxylic acid groups (broad SMARTS) is 1. The number of methoxy groups -OCH3 is 1. The maximum absolute atomic E-state index is 12.2. The summed E-state index contributed by atoms with van der Waals surface area (Å²) in [4.78, 5) is 23.0. The average molecular weight is 416 g/mol. The van der Waals surface area contributed by atoms with Crippen molar-refractivity contribution in [1.82, 2.24) is 5.32 Å². The van der Waals surface area contributed by atoms with E-state index in [4.69, 9.17) is 4.74 Å². The van der Waals surface area contributed by atoms with E-state index in [1.165, 1.54) is 5.57 Å². The Morgan fingerprint density at radius 3 is 2.63 bits per heavy atom. The predicted molar refractivity (Wildman–Crippen MR) is 112 cm³/mol. The number of hydrogen-bond acceptors (Lipinski definition) is 4. The Labute approximate surface area is 178 Å². The molecule has 1 amide bonds. The first-order valence-corrected chi connectivity index (χ1v) is 11.0. The Balaban J connectivity index is 1.79. The molecular weight excluding hydrogens is 382 g/mol. The zero-order valence-electron chi connectivity index (χ0n) is 18.3. The quantitative estimate of drug-likeness (QED) is 0.482. The highest BCUT2D eigenvalue weighted by atomic mass is 16.5. The minimum absolute atomic E-state index is 0.0246. The summed E-state index contributed by atoms with van der Waals surface area (Å²) in [6.45, 7) is 6.37. The van der Waals surface area contributed by atoms with Crippen molar-refractivity contribution in [3.8, 4) is 0 Å². The van der Waals surface area contributed by atoms with Crippen molar-refractivity contribution in [2.45, 2.75) is 64.9 Å². The van der Waals surface area contributed by atoms with E-state index in [0.717, 1.165) is 37.0 Å². The number of nitrogens with one attached hydrogen (secondary N) is 1. The highest BCUT2D eigenvalue weighted by Crippen LogP contribution is 2.68. The number of amides is 1. The first kappa shape index (κ1) is 21.2. The summed E-state index contributed by atoms with van der Waals surface area (Å²) >= 11 is 0. The van der Waals surface area contributed by atoms with Gasteiger partial charge in [0.05, 0.1) is 18.5 Å². The first-order valence-electron chi connectivity index (χ1n) is 11.0. The van der Waals surface area contributed by atoms with Gasteiger partial charge in [0.2, 0.25) is 6.41 Å². The summed E-state index contributed by atoms with van der Waals surface area (Å²) in [7, 11) is 1.70. The standard InChI is InChI=1S/C24H33NO5/c1-14-11-18-17-6-5-15-12-16(30-4)7-8-23(15,3)24(17,29)10-9-22(18,2)19(14)20(21(27)28)25-13-26/h5,12-14,17-18,29H,6-11H2,1-4H3,(H,25,26)(H,27,28)/t14?,17-,18-,22-,23-,24+/m0/s1. The summed E-state index contributed by atoms with van der Waals surface area (Å²) in [6.07, 6.45) is 9.42. The summed E-state index contributed by atoms with van der Waals surface area (Å²) in [5.41, 5.74) is 0.531. The molecular formula is C24H33NO5. The Bertz CT molecular complexity index is 873. The largest absolute Gasteiger partial charge is 0.501 e. The molecule has 0 aromatic rings. The second-order valence-corrected chi connectivity index (χ2v) is 10.1. The van der Waals surface area contributed by atoms with E-state index in [1.807, 2.05) is 6.92 Å². The number of aliphatic carboxylic acids is 1. The van der Waals surface area contributed by atoms with Crippen LogP contribution in [0, 0.1) is 28.6 Å². The maximum atomic E-state index is 12.2. The molecule has 0 aliphatic heterocycles. The van der Waals surface area contributed by atoms with Crippen molar-refractivity contribution in [2.24, 2.45) is 28.6 Å². The van der Waals surface area contributed by atoms with Gasteiger partial charge in [-0.3, -0.25) is 4.79 Å². The van der Waals surface area contributed by atoms with Crippen LogP contribution in [-0.2, 0) is 14.3 Å². The van der Waals surface area contributed by atoms with Gasteiger partial charge < -0.3 is 20.3 Å². The number of carboxylic acids is 1. The monoisotopic (exact) mass is 415 g/mol. The number of carbonyl (C=O) groups is 2. The third kappa shape index (κ3) is 2.65. The fourth-order valence-corrected chi connectivity index (χ4v) is 7.40. The number of fused-ring (bicyclic) bond motifs is 5. The van der Waals surface area contributed by atoms with Gasteiger partial charge in [-0.05, 0) is 72.5 Å². The van der Waals surface area contributed by atoms with E-state index in [1.54, 1.807) is 7.11 Å². The second-order valence-electron chi connectivity index (χ2n) is 10.1. The molecule has 4 aliphatic carbocycles. The van der Waals surface area contributed by atoms with E-state index in [-0.39, 0.29) is 34.3 Å². The van der Waals surface area contributed by atoms with E-state index in [9.17, 15) is 19.8 Å². The Kier molecular flexibility index (Phi) is 4.92. The third-order valence-corrected chi connectivity index (χ3v) is 8.98. The lowest BCUT2D eigenvalue weighted by atomic mass is 9.46. The van der Waals surface area contributed by atoms with Crippen LogP contribution in [0.1, 0.15) is 59.3 Å². The zero-order chi connectivity index (χ0) is 21.9. The van der Waals surface area contributed by atoms with Crippen molar-refractivity contribution < 1.29 is 24.5 Å². The molecule has 164 valence electrons. The van der Waals surface area contributed by atoms with Crippen LogP contribution in [0.25, 0.3) is 0 Å². The number of aliphatic hydroxyl groups is 1. The molecule has 0 aromatic heterocycles.